The summed E-state index contributed by atoms with van der Waals surface area (Å²) in [7, 11) is 0. The van der Waals surface area contributed by atoms with Gasteiger partial charge in [-0.3, -0.25) is 10.1 Å². The maximum absolute atomic E-state index is 12.7. The molecule has 2 saturated heterocycles. The van der Waals surface area contributed by atoms with E-state index in [1.54, 1.807) is 11.0 Å². The number of anilines is 1. The third kappa shape index (κ3) is 4.84. The van der Waals surface area contributed by atoms with Gasteiger partial charge in [-0.25, -0.2) is 4.79 Å². The van der Waals surface area contributed by atoms with Crippen molar-refractivity contribution in [1.82, 2.24) is 15.0 Å². The van der Waals surface area contributed by atoms with Gasteiger partial charge in [0.25, 0.3) is 0 Å². The van der Waals surface area contributed by atoms with Crippen LogP contribution in [0.5, 0.6) is 0 Å². The second kappa shape index (κ2) is 8.94. The zero-order valence-electron chi connectivity index (χ0n) is 17.2. The van der Waals surface area contributed by atoms with Gasteiger partial charge in [0.2, 0.25) is 11.8 Å². The molecule has 3 amide bonds. The zero-order valence-corrected chi connectivity index (χ0v) is 17.2. The smallest absolute Gasteiger partial charge is 0.324 e. The first kappa shape index (κ1) is 20.6. The van der Waals surface area contributed by atoms with Crippen LogP contribution < -0.4 is 5.32 Å². The fraction of sp³-hybridized carbons (Fsp3) is 0.750. The SMILES string of the molecule is CCC(C)(C)c1cc(NC(=O)N2CCCN(C(=O)C3CCOCC3)CC2)on1. The minimum atomic E-state index is -0.211. The molecule has 3 rings (SSSR count). The first-order valence-corrected chi connectivity index (χ1v) is 10.3. The van der Waals surface area contributed by atoms with E-state index in [1.807, 2.05) is 4.90 Å². The molecule has 156 valence electrons. The van der Waals surface area contributed by atoms with Crippen molar-refractivity contribution in [2.24, 2.45) is 5.92 Å². The molecule has 0 radical (unpaired) electrons. The number of nitrogens with one attached hydrogen (secondary N) is 1. The molecule has 0 bridgehead atoms. The molecule has 8 heteroatoms. The normalized spacial score (nSPS) is 19.4. The van der Waals surface area contributed by atoms with Gasteiger partial charge in [-0.15, -0.1) is 0 Å². The van der Waals surface area contributed by atoms with Crippen LogP contribution in [0.15, 0.2) is 10.6 Å². The van der Waals surface area contributed by atoms with E-state index < -0.39 is 0 Å². The number of ether oxygens (including phenoxy) is 1. The molecule has 0 saturated carbocycles. The average molecular weight is 393 g/mol. The fourth-order valence-corrected chi connectivity index (χ4v) is 3.56. The van der Waals surface area contributed by atoms with Crippen LogP contribution in [0.4, 0.5) is 10.7 Å². The van der Waals surface area contributed by atoms with Crippen molar-refractivity contribution in [2.45, 2.75) is 51.9 Å². The largest absolute Gasteiger partial charge is 0.381 e. The van der Waals surface area contributed by atoms with Gasteiger partial charge in [0, 0.05) is 56.8 Å². The second-order valence-electron chi connectivity index (χ2n) is 8.30. The highest BCUT2D eigenvalue weighted by Gasteiger charge is 2.29. The number of amides is 3. The number of hydrogen-bond donors (Lipinski definition) is 1. The van der Waals surface area contributed by atoms with E-state index in [1.165, 1.54) is 0 Å². The Kier molecular flexibility index (Phi) is 6.59. The van der Waals surface area contributed by atoms with Crippen LogP contribution in [0.1, 0.15) is 52.1 Å². The molecule has 2 aliphatic rings. The van der Waals surface area contributed by atoms with Crippen molar-refractivity contribution >= 4 is 17.8 Å². The summed E-state index contributed by atoms with van der Waals surface area (Å²) in [5.74, 6) is 0.622. The molecule has 1 aromatic rings. The van der Waals surface area contributed by atoms with E-state index in [2.05, 4.69) is 31.2 Å². The molecule has 0 spiro atoms. The Balaban J connectivity index is 1.53. The van der Waals surface area contributed by atoms with Gasteiger partial charge in [-0.1, -0.05) is 25.9 Å². The third-order valence-electron chi connectivity index (χ3n) is 5.98. The summed E-state index contributed by atoms with van der Waals surface area (Å²) >= 11 is 0. The molecule has 28 heavy (non-hydrogen) atoms. The number of urea groups is 1. The van der Waals surface area contributed by atoms with Crippen molar-refractivity contribution in [1.29, 1.82) is 0 Å². The molecule has 2 fully saturated rings. The number of aromatic nitrogens is 1. The predicted molar refractivity (Wildman–Crippen MR) is 105 cm³/mol. The van der Waals surface area contributed by atoms with Crippen molar-refractivity contribution in [2.75, 3.05) is 44.7 Å². The van der Waals surface area contributed by atoms with E-state index in [0.29, 0.717) is 45.3 Å². The van der Waals surface area contributed by atoms with Crippen LogP contribution in [-0.4, -0.2) is 66.3 Å². The lowest BCUT2D eigenvalue weighted by molar-refractivity contribution is -0.138. The summed E-state index contributed by atoms with van der Waals surface area (Å²) in [5, 5.41) is 6.89. The van der Waals surface area contributed by atoms with Crippen LogP contribution >= 0.6 is 0 Å². The Morgan fingerprint density at radius 3 is 2.57 bits per heavy atom. The molecular weight excluding hydrogens is 360 g/mol. The monoisotopic (exact) mass is 392 g/mol. The number of rotatable bonds is 4. The molecular formula is C20H32N4O4. The Bertz CT molecular complexity index is 682. The summed E-state index contributed by atoms with van der Waals surface area (Å²) in [6.45, 7) is 9.99. The first-order chi connectivity index (χ1) is 13.4. The Morgan fingerprint density at radius 1 is 1.18 bits per heavy atom. The van der Waals surface area contributed by atoms with E-state index in [-0.39, 0.29) is 23.3 Å². The zero-order chi connectivity index (χ0) is 20.1. The fourth-order valence-electron chi connectivity index (χ4n) is 3.56. The maximum atomic E-state index is 12.7. The van der Waals surface area contributed by atoms with Crippen molar-refractivity contribution in [3.8, 4) is 0 Å². The standard InChI is InChI=1S/C20H32N4O4/c1-4-20(2,3)16-14-17(28-22-16)21-19(26)24-9-5-8-23(10-11-24)18(25)15-6-12-27-13-7-15/h14-15H,4-13H2,1-3H3,(H,21,26). The summed E-state index contributed by atoms with van der Waals surface area (Å²) in [5.41, 5.74) is 0.731. The lowest BCUT2D eigenvalue weighted by Crippen LogP contribution is -2.42. The molecule has 1 N–H and O–H groups in total. The number of nitrogens with zero attached hydrogens (tertiary/aromatic N) is 3. The maximum Gasteiger partial charge on any atom is 0.324 e. The second-order valence-corrected chi connectivity index (χ2v) is 8.30. The molecule has 8 nitrogen and oxygen atoms in total. The highest BCUT2D eigenvalue weighted by atomic mass is 16.5. The molecule has 3 heterocycles. The lowest BCUT2D eigenvalue weighted by Gasteiger charge is -2.28. The average Bonchev–Trinajstić information content (AvgIpc) is 3.04. The van der Waals surface area contributed by atoms with Gasteiger partial charge < -0.3 is 19.1 Å². The number of carbonyl (C=O) groups is 2. The molecule has 2 aliphatic heterocycles. The number of hydrogen-bond acceptors (Lipinski definition) is 5. The molecule has 0 aliphatic carbocycles. The minimum absolute atomic E-state index is 0.0589. The van der Waals surface area contributed by atoms with Gasteiger partial charge in [-0.05, 0) is 25.7 Å². The minimum Gasteiger partial charge on any atom is -0.381 e. The molecule has 0 atom stereocenters. The van der Waals surface area contributed by atoms with Gasteiger partial charge in [-0.2, -0.15) is 0 Å². The van der Waals surface area contributed by atoms with Gasteiger partial charge >= 0.3 is 6.03 Å². The Hall–Kier alpha value is -2.09. The molecule has 0 aromatic carbocycles. The van der Waals surface area contributed by atoms with Crippen LogP contribution in [0.25, 0.3) is 0 Å². The first-order valence-electron chi connectivity index (χ1n) is 10.3. The van der Waals surface area contributed by atoms with Crippen molar-refractivity contribution in [3.05, 3.63) is 11.8 Å². The summed E-state index contributed by atoms with van der Waals surface area (Å²) < 4.78 is 10.7. The summed E-state index contributed by atoms with van der Waals surface area (Å²) in [6, 6.07) is 1.58. The van der Waals surface area contributed by atoms with Crippen molar-refractivity contribution < 1.29 is 18.8 Å². The summed E-state index contributed by atoms with van der Waals surface area (Å²) in [6.07, 6.45) is 3.28. The van der Waals surface area contributed by atoms with E-state index in [4.69, 9.17) is 9.26 Å². The predicted octanol–water partition coefficient (Wildman–Crippen LogP) is 2.86. The van der Waals surface area contributed by atoms with Crippen LogP contribution in [-0.2, 0) is 14.9 Å². The van der Waals surface area contributed by atoms with Gasteiger partial charge in [0.05, 0.1) is 5.69 Å². The van der Waals surface area contributed by atoms with E-state index in [0.717, 1.165) is 31.4 Å². The van der Waals surface area contributed by atoms with Crippen molar-refractivity contribution in [3.63, 3.8) is 0 Å². The Morgan fingerprint density at radius 2 is 1.86 bits per heavy atom. The van der Waals surface area contributed by atoms with E-state index >= 15 is 0 Å². The highest BCUT2D eigenvalue weighted by Crippen LogP contribution is 2.27. The number of carbonyl (C=O) groups excluding carboxylic acids is 2. The van der Waals surface area contributed by atoms with Crippen LogP contribution in [0, 0.1) is 5.92 Å². The molecule has 0 unspecified atom stereocenters. The quantitative estimate of drug-likeness (QED) is 0.851. The topological polar surface area (TPSA) is 87.9 Å². The molecule has 1 aromatic heterocycles. The van der Waals surface area contributed by atoms with Gasteiger partial charge in [0.15, 0.2) is 0 Å². The summed E-state index contributed by atoms with van der Waals surface area (Å²) in [4.78, 5) is 29.0. The van der Waals surface area contributed by atoms with Crippen LogP contribution in [0.2, 0.25) is 0 Å². The highest BCUT2D eigenvalue weighted by molar-refractivity contribution is 5.88. The lowest BCUT2D eigenvalue weighted by atomic mass is 9.87. The van der Waals surface area contributed by atoms with Crippen LogP contribution in [0.3, 0.4) is 0 Å². The Labute approximate surface area is 166 Å². The van der Waals surface area contributed by atoms with Gasteiger partial charge in [0.1, 0.15) is 0 Å². The third-order valence-corrected chi connectivity index (χ3v) is 5.98. The van der Waals surface area contributed by atoms with E-state index in [9.17, 15) is 9.59 Å².